The number of halogens is 1. The van der Waals surface area contributed by atoms with Crippen LogP contribution in [0.2, 0.25) is 0 Å². The van der Waals surface area contributed by atoms with Gasteiger partial charge in [0.1, 0.15) is 24.3 Å². The SMILES string of the molecule is COc1cc(-c2ccc(COc3cccc(C(C4CC4)C(C)O[P+](=O)OC)c3)cc2CN(C(C)C)C(C)C)c(F)cn1. The maximum Gasteiger partial charge on any atom is 0.697 e. The van der Waals surface area contributed by atoms with E-state index < -0.39 is 14.1 Å². The molecule has 0 amide bonds. The van der Waals surface area contributed by atoms with Crippen molar-refractivity contribution in [2.24, 2.45) is 5.92 Å². The van der Waals surface area contributed by atoms with Crippen molar-refractivity contribution in [2.45, 2.75) is 84.7 Å². The fourth-order valence-electron chi connectivity index (χ4n) is 5.63. The van der Waals surface area contributed by atoms with Crippen LogP contribution in [0.5, 0.6) is 11.6 Å². The van der Waals surface area contributed by atoms with Gasteiger partial charge in [0.05, 0.1) is 20.4 Å². The second kappa shape index (κ2) is 14.5. The van der Waals surface area contributed by atoms with E-state index in [9.17, 15) is 4.57 Å². The fourth-order valence-corrected chi connectivity index (χ4v) is 6.12. The lowest BCUT2D eigenvalue weighted by molar-refractivity contribution is 0.157. The molecule has 1 fully saturated rings. The topological polar surface area (TPSA) is 70.1 Å². The first-order chi connectivity index (χ1) is 20.1. The molecule has 4 rings (SSSR count). The van der Waals surface area contributed by atoms with Gasteiger partial charge in [0.2, 0.25) is 5.88 Å². The van der Waals surface area contributed by atoms with E-state index >= 15 is 4.39 Å². The Morgan fingerprint density at radius 1 is 1.00 bits per heavy atom. The van der Waals surface area contributed by atoms with Crippen molar-refractivity contribution < 1.29 is 27.5 Å². The summed E-state index contributed by atoms with van der Waals surface area (Å²) in [6, 6.07) is 16.4. The summed E-state index contributed by atoms with van der Waals surface area (Å²) in [6.07, 6.45) is 3.20. The number of rotatable bonds is 15. The molecule has 3 unspecified atom stereocenters. The molecule has 0 saturated heterocycles. The summed E-state index contributed by atoms with van der Waals surface area (Å²) in [5.74, 6) is 1.33. The third-order valence-electron chi connectivity index (χ3n) is 7.86. The monoisotopic (exact) mass is 597 g/mol. The van der Waals surface area contributed by atoms with E-state index in [0.717, 1.165) is 40.8 Å². The quantitative estimate of drug-likeness (QED) is 0.163. The molecule has 1 aliphatic carbocycles. The lowest BCUT2D eigenvalue weighted by Crippen LogP contribution is -2.36. The van der Waals surface area contributed by atoms with Crippen molar-refractivity contribution >= 4 is 8.25 Å². The summed E-state index contributed by atoms with van der Waals surface area (Å²) >= 11 is 0. The van der Waals surface area contributed by atoms with E-state index in [4.69, 9.17) is 18.5 Å². The third-order valence-corrected chi connectivity index (χ3v) is 8.67. The molecule has 0 N–H and O–H groups in total. The van der Waals surface area contributed by atoms with Crippen molar-refractivity contribution in [1.82, 2.24) is 9.88 Å². The fraction of sp³-hybridized carbons (Fsp3) is 0.485. The van der Waals surface area contributed by atoms with Gasteiger partial charge in [0.25, 0.3) is 0 Å². The highest BCUT2D eigenvalue weighted by Crippen LogP contribution is 2.47. The first-order valence-corrected chi connectivity index (χ1v) is 15.7. The standard InChI is InChI=1S/C33H43FN2O5P/c1-21(2)36(22(3)4)19-27-15-24(11-14-29(27)30-17-32(38-6)35-18-31(30)34)20-40-28-10-8-9-26(16-28)33(25-12-13-25)23(5)41-42(37)39-7/h8-11,14-18,21-23,25,33H,12-13,19-20H2,1-7H3/q+1. The first-order valence-electron chi connectivity index (χ1n) is 14.6. The van der Waals surface area contributed by atoms with Crippen LogP contribution in [0.25, 0.3) is 11.1 Å². The minimum absolute atomic E-state index is 0.110. The lowest BCUT2D eigenvalue weighted by Gasteiger charge is -2.31. The van der Waals surface area contributed by atoms with Gasteiger partial charge >= 0.3 is 8.25 Å². The van der Waals surface area contributed by atoms with Crippen LogP contribution in [0.4, 0.5) is 4.39 Å². The Morgan fingerprint density at radius 3 is 2.38 bits per heavy atom. The van der Waals surface area contributed by atoms with Crippen LogP contribution in [-0.2, 0) is 26.8 Å². The van der Waals surface area contributed by atoms with Gasteiger partial charge in [0, 0.05) is 40.7 Å². The van der Waals surface area contributed by atoms with Crippen molar-refractivity contribution in [3.63, 3.8) is 0 Å². The Hall–Kier alpha value is -2.90. The number of methoxy groups -OCH3 is 1. The zero-order valence-electron chi connectivity index (χ0n) is 25.7. The highest BCUT2D eigenvalue weighted by Gasteiger charge is 2.40. The van der Waals surface area contributed by atoms with E-state index in [1.165, 1.54) is 20.4 Å². The summed E-state index contributed by atoms with van der Waals surface area (Å²) in [7, 11) is 0.771. The maximum absolute atomic E-state index is 15.0. The van der Waals surface area contributed by atoms with Crippen LogP contribution in [-0.4, -0.2) is 42.3 Å². The smallest absolute Gasteiger partial charge is 0.489 e. The summed E-state index contributed by atoms with van der Waals surface area (Å²) in [5.41, 5.74) is 4.36. The summed E-state index contributed by atoms with van der Waals surface area (Å²) in [6.45, 7) is 11.6. The van der Waals surface area contributed by atoms with Gasteiger partial charge in [-0.15, -0.1) is 9.05 Å². The van der Waals surface area contributed by atoms with Gasteiger partial charge in [0.15, 0.2) is 0 Å². The summed E-state index contributed by atoms with van der Waals surface area (Å²) in [5, 5.41) is 0. The van der Waals surface area contributed by atoms with Gasteiger partial charge in [-0.2, -0.15) is 0 Å². The van der Waals surface area contributed by atoms with E-state index in [-0.39, 0.29) is 12.0 Å². The van der Waals surface area contributed by atoms with Crippen molar-refractivity contribution in [3.8, 4) is 22.8 Å². The third kappa shape index (κ3) is 8.13. The Morgan fingerprint density at radius 2 is 1.74 bits per heavy atom. The highest BCUT2D eigenvalue weighted by atomic mass is 31.1. The van der Waals surface area contributed by atoms with Gasteiger partial charge in [-0.1, -0.05) is 30.3 Å². The van der Waals surface area contributed by atoms with E-state index in [1.54, 1.807) is 6.07 Å². The molecular weight excluding hydrogens is 554 g/mol. The first kappa shape index (κ1) is 32.0. The molecule has 0 bridgehead atoms. The number of aromatic nitrogens is 1. The predicted molar refractivity (Wildman–Crippen MR) is 163 cm³/mol. The Labute approximate surface area is 250 Å². The zero-order chi connectivity index (χ0) is 30.4. The molecule has 3 aromatic rings. The summed E-state index contributed by atoms with van der Waals surface area (Å²) < 4.78 is 49.0. The molecule has 1 saturated carbocycles. The predicted octanol–water partition coefficient (Wildman–Crippen LogP) is 8.30. The molecule has 3 atom stereocenters. The Kier molecular flexibility index (Phi) is 11.1. The van der Waals surface area contributed by atoms with Gasteiger partial charge in [-0.3, -0.25) is 4.90 Å². The lowest BCUT2D eigenvalue weighted by atomic mass is 9.89. The molecule has 7 nitrogen and oxygen atoms in total. The normalized spacial score (nSPS) is 15.3. The maximum atomic E-state index is 15.0. The highest BCUT2D eigenvalue weighted by molar-refractivity contribution is 7.33. The van der Waals surface area contributed by atoms with Crippen LogP contribution in [0.15, 0.2) is 54.7 Å². The molecule has 2 aromatic carbocycles. The molecule has 0 aliphatic heterocycles. The van der Waals surface area contributed by atoms with Crippen LogP contribution in [0.3, 0.4) is 0 Å². The van der Waals surface area contributed by atoms with Crippen molar-refractivity contribution in [2.75, 3.05) is 14.2 Å². The Balaban J connectivity index is 1.59. The molecule has 0 spiro atoms. The van der Waals surface area contributed by atoms with E-state index in [2.05, 4.69) is 55.8 Å². The molecule has 1 heterocycles. The second-order valence-electron chi connectivity index (χ2n) is 11.5. The molecule has 1 aromatic heterocycles. The van der Waals surface area contributed by atoms with Gasteiger partial charge in [-0.05, 0) is 87.8 Å². The minimum atomic E-state index is -2.14. The van der Waals surface area contributed by atoms with E-state index in [1.807, 2.05) is 31.2 Å². The van der Waals surface area contributed by atoms with E-state index in [0.29, 0.717) is 42.6 Å². The molecule has 226 valence electrons. The molecule has 42 heavy (non-hydrogen) atoms. The molecular formula is C33H43FN2O5P+. The van der Waals surface area contributed by atoms with Gasteiger partial charge in [-0.25, -0.2) is 9.37 Å². The summed E-state index contributed by atoms with van der Waals surface area (Å²) in [4.78, 5) is 6.39. The van der Waals surface area contributed by atoms with Gasteiger partial charge < -0.3 is 9.47 Å². The van der Waals surface area contributed by atoms with Crippen LogP contribution < -0.4 is 9.47 Å². The molecule has 9 heteroatoms. The number of hydrogen-bond acceptors (Lipinski definition) is 7. The second-order valence-corrected chi connectivity index (χ2v) is 12.5. The number of benzene rings is 2. The molecule has 0 radical (unpaired) electrons. The number of nitrogens with zero attached hydrogens (tertiary/aromatic N) is 2. The number of hydrogen-bond donors (Lipinski definition) is 0. The zero-order valence-corrected chi connectivity index (χ0v) is 26.6. The van der Waals surface area contributed by atoms with Crippen molar-refractivity contribution in [1.29, 1.82) is 0 Å². The number of ether oxygens (including phenoxy) is 2. The van der Waals surface area contributed by atoms with Crippen LogP contribution in [0.1, 0.15) is 70.1 Å². The average Bonchev–Trinajstić information content (AvgIpc) is 3.80. The average molecular weight is 598 g/mol. The Bertz CT molecular complexity index is 1360. The largest absolute Gasteiger partial charge is 0.697 e. The minimum Gasteiger partial charge on any atom is -0.489 e. The number of pyridine rings is 1. The molecule has 1 aliphatic rings. The van der Waals surface area contributed by atoms with Crippen LogP contribution >= 0.6 is 8.25 Å². The van der Waals surface area contributed by atoms with Crippen LogP contribution in [0, 0.1) is 11.7 Å². The van der Waals surface area contributed by atoms with Crippen molar-refractivity contribution in [3.05, 3.63) is 77.2 Å².